The molecule has 1 aromatic carbocycles. The minimum atomic E-state index is -0.428. The van der Waals surface area contributed by atoms with Gasteiger partial charge in [-0.15, -0.1) is 6.42 Å². The summed E-state index contributed by atoms with van der Waals surface area (Å²) in [4.78, 5) is 40.6. The van der Waals surface area contributed by atoms with Gasteiger partial charge in [0.05, 0.1) is 12.0 Å². The van der Waals surface area contributed by atoms with Crippen LogP contribution in [-0.2, 0) is 9.59 Å². The number of carbonyl (C=O) groups excluding carboxylic acids is 3. The minimum Gasteiger partial charge on any atom is -0.479 e. The highest BCUT2D eigenvalue weighted by Gasteiger charge is 2.37. The number of rotatable bonds is 5. The first-order valence-corrected chi connectivity index (χ1v) is 12.0. The minimum absolute atomic E-state index is 0.174. The molecule has 6 nitrogen and oxygen atoms in total. The van der Waals surface area contributed by atoms with Crippen LogP contribution >= 0.6 is 56.9 Å². The summed E-state index contributed by atoms with van der Waals surface area (Å²) in [6.45, 7) is 1.36. The number of carbonyl (C=O) groups is 3. The zero-order valence-electron chi connectivity index (χ0n) is 15.5. The van der Waals surface area contributed by atoms with Crippen LogP contribution in [0.25, 0.3) is 6.08 Å². The highest BCUT2D eigenvalue weighted by Crippen LogP contribution is 2.34. The number of amides is 3. The Morgan fingerprint density at radius 2 is 1.86 bits per heavy atom. The highest BCUT2D eigenvalue weighted by molar-refractivity contribution is 14.1. The van der Waals surface area contributed by atoms with Crippen LogP contribution in [0.2, 0.25) is 0 Å². The van der Waals surface area contributed by atoms with Crippen molar-refractivity contribution in [2.45, 2.75) is 19.3 Å². The number of nitrogens with zero attached hydrogens (tertiary/aromatic N) is 2. The molecule has 0 bridgehead atoms. The lowest BCUT2D eigenvalue weighted by Gasteiger charge is -2.27. The molecule has 0 unspecified atom stereocenters. The Balaban J connectivity index is 1.74. The summed E-state index contributed by atoms with van der Waals surface area (Å²) in [6.07, 6.45) is 9.96. The average molecular weight is 636 g/mol. The molecule has 2 fully saturated rings. The molecule has 0 aromatic heterocycles. The summed E-state index contributed by atoms with van der Waals surface area (Å²) >= 11 is 5.15. The highest BCUT2D eigenvalue weighted by atomic mass is 127. The van der Waals surface area contributed by atoms with E-state index in [-0.39, 0.29) is 19.1 Å². The van der Waals surface area contributed by atoms with Crippen molar-refractivity contribution >= 4 is 80.1 Å². The van der Waals surface area contributed by atoms with Gasteiger partial charge in [-0.05, 0) is 100.0 Å². The first-order chi connectivity index (χ1) is 13.9. The van der Waals surface area contributed by atoms with E-state index in [0.29, 0.717) is 23.7 Å². The fraction of sp³-hybridized carbons (Fsp3) is 0.350. The van der Waals surface area contributed by atoms with Crippen LogP contribution in [0.3, 0.4) is 0 Å². The van der Waals surface area contributed by atoms with Crippen molar-refractivity contribution in [3.8, 4) is 18.1 Å². The van der Waals surface area contributed by atoms with Crippen LogP contribution in [-0.4, -0.2) is 53.1 Å². The van der Waals surface area contributed by atoms with Gasteiger partial charge in [-0.2, -0.15) is 0 Å². The van der Waals surface area contributed by atoms with Crippen molar-refractivity contribution < 1.29 is 19.1 Å². The number of terminal acetylenes is 1. The van der Waals surface area contributed by atoms with Gasteiger partial charge in [-0.1, -0.05) is 5.92 Å². The summed E-state index contributed by atoms with van der Waals surface area (Å²) in [5.41, 5.74) is 0.778. The van der Waals surface area contributed by atoms with Gasteiger partial charge in [-0.3, -0.25) is 19.3 Å². The van der Waals surface area contributed by atoms with Crippen LogP contribution < -0.4 is 4.74 Å². The third-order valence-corrected chi connectivity index (χ3v) is 7.00. The molecule has 2 aliphatic heterocycles. The zero-order valence-corrected chi connectivity index (χ0v) is 20.6. The van der Waals surface area contributed by atoms with E-state index in [9.17, 15) is 14.4 Å². The number of thioether (sulfide) groups is 1. The Labute approximate surface area is 201 Å². The van der Waals surface area contributed by atoms with Crippen molar-refractivity contribution in [2.24, 2.45) is 0 Å². The van der Waals surface area contributed by atoms with Crippen molar-refractivity contribution in [1.29, 1.82) is 0 Å². The largest absolute Gasteiger partial charge is 0.479 e. The molecule has 9 heteroatoms. The standard InChI is InChI=1S/C20H18I2N2O4S/c1-2-8-28-18-14(21)9-13(10-15(18)22)11-16-19(26)24(20(27)29-16)12-17(25)23-6-4-3-5-7-23/h1,9-11H,3-8,12H2/b16-11-. The van der Waals surface area contributed by atoms with Gasteiger partial charge in [0.1, 0.15) is 18.9 Å². The van der Waals surface area contributed by atoms with E-state index in [4.69, 9.17) is 11.2 Å². The maximum Gasteiger partial charge on any atom is 0.294 e. The van der Waals surface area contributed by atoms with Gasteiger partial charge < -0.3 is 9.64 Å². The number of halogens is 2. The van der Waals surface area contributed by atoms with E-state index in [1.54, 1.807) is 11.0 Å². The van der Waals surface area contributed by atoms with Gasteiger partial charge in [-0.25, -0.2) is 0 Å². The second-order valence-electron chi connectivity index (χ2n) is 6.52. The second-order valence-corrected chi connectivity index (χ2v) is 9.83. The molecule has 3 rings (SSSR count). The number of ether oxygens (including phenoxy) is 1. The number of benzene rings is 1. The van der Waals surface area contributed by atoms with E-state index in [0.717, 1.165) is 48.6 Å². The Bertz CT molecular complexity index is 897. The Kier molecular flexibility index (Phi) is 7.86. The van der Waals surface area contributed by atoms with Crippen LogP contribution in [0.4, 0.5) is 4.79 Å². The SMILES string of the molecule is C#CCOc1c(I)cc(/C=C2\SC(=O)N(CC(=O)N3CCCCC3)C2=O)cc1I. The summed E-state index contributed by atoms with van der Waals surface area (Å²) < 4.78 is 7.26. The third kappa shape index (κ3) is 5.46. The van der Waals surface area contributed by atoms with Crippen molar-refractivity contribution in [3.05, 3.63) is 29.7 Å². The van der Waals surface area contributed by atoms with Gasteiger partial charge in [0.15, 0.2) is 0 Å². The molecule has 2 aliphatic rings. The first-order valence-electron chi connectivity index (χ1n) is 8.99. The topological polar surface area (TPSA) is 66.9 Å². The Morgan fingerprint density at radius 1 is 1.21 bits per heavy atom. The normalized spacial score (nSPS) is 18.3. The van der Waals surface area contributed by atoms with E-state index >= 15 is 0 Å². The number of hydrogen-bond donors (Lipinski definition) is 0. The number of imide groups is 1. The molecule has 29 heavy (non-hydrogen) atoms. The van der Waals surface area contributed by atoms with Gasteiger partial charge >= 0.3 is 0 Å². The smallest absolute Gasteiger partial charge is 0.294 e. The Morgan fingerprint density at radius 3 is 2.48 bits per heavy atom. The molecule has 0 saturated carbocycles. The lowest BCUT2D eigenvalue weighted by Crippen LogP contribution is -2.44. The molecule has 0 N–H and O–H groups in total. The van der Waals surface area contributed by atoms with Crippen molar-refractivity contribution in [2.75, 3.05) is 26.2 Å². The van der Waals surface area contributed by atoms with Gasteiger partial charge in [0, 0.05) is 13.1 Å². The van der Waals surface area contributed by atoms with Crippen molar-refractivity contribution in [1.82, 2.24) is 9.80 Å². The van der Waals surface area contributed by atoms with Gasteiger partial charge in [0.2, 0.25) is 5.91 Å². The van der Waals surface area contributed by atoms with E-state index in [2.05, 4.69) is 51.1 Å². The van der Waals surface area contributed by atoms with Crippen LogP contribution in [0.15, 0.2) is 17.0 Å². The lowest BCUT2D eigenvalue weighted by molar-refractivity contribution is -0.136. The maximum atomic E-state index is 12.7. The molecular formula is C20H18I2N2O4S. The fourth-order valence-corrected chi connectivity index (χ4v) is 6.05. The summed E-state index contributed by atoms with van der Waals surface area (Å²) in [7, 11) is 0. The number of likely N-dealkylation sites (tertiary alicyclic amines) is 1. The molecule has 0 atom stereocenters. The molecule has 0 aliphatic carbocycles. The number of piperidine rings is 1. The monoisotopic (exact) mass is 636 g/mol. The fourth-order valence-electron chi connectivity index (χ4n) is 3.08. The quantitative estimate of drug-likeness (QED) is 0.279. The van der Waals surface area contributed by atoms with E-state index < -0.39 is 11.1 Å². The molecule has 0 radical (unpaired) electrons. The summed E-state index contributed by atoms with van der Waals surface area (Å²) in [5.74, 6) is 2.53. The van der Waals surface area contributed by atoms with Crippen molar-refractivity contribution in [3.63, 3.8) is 0 Å². The molecule has 2 heterocycles. The molecule has 1 aromatic rings. The van der Waals surface area contributed by atoms with Gasteiger partial charge in [0.25, 0.3) is 11.1 Å². The molecule has 0 spiro atoms. The zero-order chi connectivity index (χ0) is 21.0. The maximum absolute atomic E-state index is 12.7. The molecule has 3 amide bonds. The lowest BCUT2D eigenvalue weighted by atomic mass is 10.1. The average Bonchev–Trinajstić information content (AvgIpc) is 2.95. The molecule has 152 valence electrons. The van der Waals surface area contributed by atoms with E-state index in [1.807, 2.05) is 12.1 Å². The summed E-state index contributed by atoms with van der Waals surface area (Å²) in [6, 6.07) is 3.73. The predicted octanol–water partition coefficient (Wildman–Crippen LogP) is 3.96. The van der Waals surface area contributed by atoms with Crippen LogP contribution in [0.1, 0.15) is 24.8 Å². The van der Waals surface area contributed by atoms with Crippen LogP contribution in [0, 0.1) is 19.5 Å². The summed E-state index contributed by atoms with van der Waals surface area (Å²) in [5, 5.41) is -0.412. The first kappa shape index (κ1) is 22.4. The van der Waals surface area contributed by atoms with E-state index in [1.165, 1.54) is 0 Å². The third-order valence-electron chi connectivity index (χ3n) is 4.49. The predicted molar refractivity (Wildman–Crippen MR) is 129 cm³/mol. The second kappa shape index (κ2) is 10.2. The van der Waals surface area contributed by atoms with Crippen LogP contribution in [0.5, 0.6) is 5.75 Å². The Hall–Kier alpha value is -1.26. The number of hydrogen-bond acceptors (Lipinski definition) is 5. The molecule has 2 saturated heterocycles. The molecular weight excluding hydrogens is 618 g/mol.